The molecule has 1 aliphatic rings. The minimum absolute atomic E-state index is 0.0475. The summed E-state index contributed by atoms with van der Waals surface area (Å²) < 4.78 is 0. The van der Waals surface area contributed by atoms with Crippen molar-refractivity contribution in [3.05, 3.63) is 70.3 Å². The molecule has 1 saturated heterocycles. The average Bonchev–Trinajstić information content (AvgIpc) is 2.67. The van der Waals surface area contributed by atoms with E-state index in [1.807, 2.05) is 66.1 Å². The first kappa shape index (κ1) is 18.2. The first-order chi connectivity index (χ1) is 12.5. The normalized spacial score (nSPS) is 14.4. The van der Waals surface area contributed by atoms with E-state index < -0.39 is 0 Å². The maximum Gasteiger partial charge on any atom is 0.254 e. The molecule has 0 saturated carbocycles. The third-order valence-corrected chi connectivity index (χ3v) is 5.08. The van der Waals surface area contributed by atoms with Gasteiger partial charge in [-0.2, -0.15) is 0 Å². The predicted octanol–water partition coefficient (Wildman–Crippen LogP) is 3.46. The van der Waals surface area contributed by atoms with Gasteiger partial charge in [0, 0.05) is 37.3 Å². The number of rotatable bonds is 3. The Morgan fingerprint density at radius 1 is 0.846 bits per heavy atom. The Hall–Kier alpha value is -2.62. The second-order valence-corrected chi connectivity index (χ2v) is 6.95. The minimum Gasteiger partial charge on any atom is -0.335 e. The molecule has 1 aliphatic heterocycles. The topological polar surface area (TPSA) is 40.6 Å². The largest absolute Gasteiger partial charge is 0.335 e. The second kappa shape index (κ2) is 7.73. The molecule has 2 amide bonds. The van der Waals surface area contributed by atoms with Crippen LogP contribution in [0.1, 0.15) is 44.3 Å². The summed E-state index contributed by atoms with van der Waals surface area (Å²) in [5, 5.41) is 0. The number of piperazine rings is 1. The molecule has 26 heavy (non-hydrogen) atoms. The zero-order valence-electron chi connectivity index (χ0n) is 15.8. The van der Waals surface area contributed by atoms with Crippen LogP contribution in [0.4, 0.5) is 0 Å². The average molecular weight is 350 g/mol. The molecule has 3 rings (SSSR count). The summed E-state index contributed by atoms with van der Waals surface area (Å²) in [5.74, 6) is 0.105. The highest BCUT2D eigenvalue weighted by Gasteiger charge is 2.26. The Bertz CT molecular complexity index is 803. The lowest BCUT2D eigenvalue weighted by Gasteiger charge is -2.35. The van der Waals surface area contributed by atoms with Crippen molar-refractivity contribution in [3.63, 3.8) is 0 Å². The molecular weight excluding hydrogens is 324 g/mol. The molecule has 0 spiro atoms. The molecule has 1 fully saturated rings. The van der Waals surface area contributed by atoms with Gasteiger partial charge in [-0.1, -0.05) is 36.8 Å². The van der Waals surface area contributed by atoms with Gasteiger partial charge in [-0.3, -0.25) is 9.59 Å². The highest BCUT2D eigenvalue weighted by Crippen LogP contribution is 2.16. The molecule has 4 heteroatoms. The number of aryl methyl sites for hydroxylation is 3. The van der Waals surface area contributed by atoms with Crippen molar-refractivity contribution in [2.24, 2.45) is 0 Å². The van der Waals surface area contributed by atoms with E-state index in [1.165, 1.54) is 5.56 Å². The van der Waals surface area contributed by atoms with Crippen LogP contribution in [0.15, 0.2) is 42.5 Å². The van der Waals surface area contributed by atoms with E-state index in [9.17, 15) is 9.59 Å². The molecule has 0 N–H and O–H groups in total. The van der Waals surface area contributed by atoms with E-state index in [4.69, 9.17) is 0 Å². The zero-order valence-corrected chi connectivity index (χ0v) is 15.8. The van der Waals surface area contributed by atoms with Crippen molar-refractivity contribution >= 4 is 11.8 Å². The summed E-state index contributed by atoms with van der Waals surface area (Å²) in [4.78, 5) is 29.1. The molecule has 0 bridgehead atoms. The lowest BCUT2D eigenvalue weighted by molar-refractivity contribution is 0.0535. The van der Waals surface area contributed by atoms with Gasteiger partial charge in [-0.15, -0.1) is 0 Å². The highest BCUT2D eigenvalue weighted by molar-refractivity contribution is 5.96. The van der Waals surface area contributed by atoms with Crippen LogP contribution in [0.25, 0.3) is 0 Å². The van der Waals surface area contributed by atoms with E-state index in [-0.39, 0.29) is 11.8 Å². The Balaban J connectivity index is 1.63. The van der Waals surface area contributed by atoms with Crippen LogP contribution < -0.4 is 0 Å². The van der Waals surface area contributed by atoms with Crippen LogP contribution in [0.3, 0.4) is 0 Å². The van der Waals surface area contributed by atoms with Crippen molar-refractivity contribution in [1.82, 2.24) is 9.80 Å². The van der Waals surface area contributed by atoms with Gasteiger partial charge in [-0.25, -0.2) is 0 Å². The van der Waals surface area contributed by atoms with Crippen molar-refractivity contribution in [1.29, 1.82) is 0 Å². The summed E-state index contributed by atoms with van der Waals surface area (Å²) in [6.45, 7) is 8.40. The summed E-state index contributed by atoms with van der Waals surface area (Å²) in [5.41, 5.74) is 4.86. The van der Waals surface area contributed by atoms with Gasteiger partial charge in [0.15, 0.2) is 0 Å². The van der Waals surface area contributed by atoms with Gasteiger partial charge in [0.25, 0.3) is 11.8 Å². The molecule has 0 unspecified atom stereocenters. The minimum atomic E-state index is 0.0475. The van der Waals surface area contributed by atoms with Gasteiger partial charge in [0.1, 0.15) is 0 Å². The van der Waals surface area contributed by atoms with E-state index in [0.29, 0.717) is 26.2 Å². The first-order valence-electron chi connectivity index (χ1n) is 9.24. The third kappa shape index (κ3) is 3.79. The monoisotopic (exact) mass is 350 g/mol. The van der Waals surface area contributed by atoms with E-state index >= 15 is 0 Å². The van der Waals surface area contributed by atoms with Crippen LogP contribution in [0.5, 0.6) is 0 Å². The van der Waals surface area contributed by atoms with Crippen molar-refractivity contribution < 1.29 is 9.59 Å². The van der Waals surface area contributed by atoms with Gasteiger partial charge >= 0.3 is 0 Å². The fourth-order valence-electron chi connectivity index (χ4n) is 3.40. The number of hydrogen-bond acceptors (Lipinski definition) is 2. The van der Waals surface area contributed by atoms with Crippen molar-refractivity contribution in [3.8, 4) is 0 Å². The molecule has 1 heterocycles. The van der Waals surface area contributed by atoms with Gasteiger partial charge in [-0.05, 0) is 49.6 Å². The number of carbonyl (C=O) groups is 2. The fraction of sp³-hybridized carbons (Fsp3) is 0.364. The van der Waals surface area contributed by atoms with Crippen LogP contribution in [0.2, 0.25) is 0 Å². The zero-order chi connectivity index (χ0) is 18.7. The lowest BCUT2D eigenvalue weighted by Crippen LogP contribution is -2.50. The van der Waals surface area contributed by atoms with E-state index in [0.717, 1.165) is 28.7 Å². The molecular formula is C22H26N2O2. The third-order valence-electron chi connectivity index (χ3n) is 5.08. The number of nitrogens with zero attached hydrogens (tertiary/aromatic N) is 2. The molecule has 0 radical (unpaired) electrons. The van der Waals surface area contributed by atoms with Crippen LogP contribution in [0, 0.1) is 13.8 Å². The molecule has 2 aromatic rings. The van der Waals surface area contributed by atoms with Crippen LogP contribution >= 0.6 is 0 Å². The Kier molecular flexibility index (Phi) is 5.40. The van der Waals surface area contributed by atoms with Crippen LogP contribution in [-0.2, 0) is 6.42 Å². The number of carbonyl (C=O) groups excluding carboxylic acids is 2. The van der Waals surface area contributed by atoms with Gasteiger partial charge < -0.3 is 9.80 Å². The Morgan fingerprint density at radius 2 is 1.42 bits per heavy atom. The summed E-state index contributed by atoms with van der Waals surface area (Å²) in [6, 6.07) is 13.7. The molecule has 136 valence electrons. The standard InChI is InChI=1S/C22H26N2O2/c1-4-18-6-8-19(9-7-18)21(25)23-11-13-24(14-12-23)22(26)20-10-5-16(2)15-17(20)3/h5-10,15H,4,11-14H2,1-3H3. The summed E-state index contributed by atoms with van der Waals surface area (Å²) in [6.07, 6.45) is 0.966. The quantitative estimate of drug-likeness (QED) is 0.850. The number of benzene rings is 2. The van der Waals surface area contributed by atoms with Crippen molar-refractivity contribution in [2.45, 2.75) is 27.2 Å². The fourth-order valence-corrected chi connectivity index (χ4v) is 3.40. The lowest BCUT2D eigenvalue weighted by atomic mass is 10.0. The molecule has 0 aromatic heterocycles. The summed E-state index contributed by atoms with van der Waals surface area (Å²) in [7, 11) is 0. The SMILES string of the molecule is CCc1ccc(C(=O)N2CCN(C(=O)c3ccc(C)cc3C)CC2)cc1. The van der Waals surface area contributed by atoms with E-state index in [2.05, 4.69) is 6.92 Å². The first-order valence-corrected chi connectivity index (χ1v) is 9.24. The van der Waals surface area contributed by atoms with Crippen molar-refractivity contribution in [2.75, 3.05) is 26.2 Å². The highest BCUT2D eigenvalue weighted by atomic mass is 16.2. The smallest absolute Gasteiger partial charge is 0.254 e. The molecule has 4 nitrogen and oxygen atoms in total. The second-order valence-electron chi connectivity index (χ2n) is 6.95. The molecule has 0 atom stereocenters. The Morgan fingerprint density at radius 3 is 1.96 bits per heavy atom. The maximum atomic E-state index is 12.8. The number of amides is 2. The Labute approximate surface area is 155 Å². The van der Waals surface area contributed by atoms with E-state index in [1.54, 1.807) is 0 Å². The number of hydrogen-bond donors (Lipinski definition) is 0. The molecule has 2 aromatic carbocycles. The van der Waals surface area contributed by atoms with Crippen LogP contribution in [-0.4, -0.2) is 47.8 Å². The van der Waals surface area contributed by atoms with Gasteiger partial charge in [0.05, 0.1) is 0 Å². The summed E-state index contributed by atoms with van der Waals surface area (Å²) >= 11 is 0. The van der Waals surface area contributed by atoms with Gasteiger partial charge in [0.2, 0.25) is 0 Å². The predicted molar refractivity (Wildman–Crippen MR) is 104 cm³/mol. The maximum absolute atomic E-state index is 12.8. The molecule has 0 aliphatic carbocycles.